The Bertz CT molecular complexity index is 408. The van der Waals surface area contributed by atoms with Crippen molar-refractivity contribution in [1.29, 1.82) is 0 Å². The first-order valence-electron chi connectivity index (χ1n) is 5.54. The Kier molecular flexibility index (Phi) is 3.26. The predicted octanol–water partition coefficient (Wildman–Crippen LogP) is 1.63. The number of carbonyl (C=O) groups excluding carboxylic acids is 1. The minimum Gasteiger partial charge on any atom is -0.363 e. The molecule has 0 saturated carbocycles. The van der Waals surface area contributed by atoms with Crippen molar-refractivity contribution in [2.45, 2.75) is 6.92 Å². The summed E-state index contributed by atoms with van der Waals surface area (Å²) in [6.45, 7) is 3.42. The average molecular weight is 240 g/mol. The molecule has 0 bridgehead atoms. The maximum absolute atomic E-state index is 13.5. The van der Waals surface area contributed by atoms with Crippen molar-refractivity contribution in [2.75, 3.05) is 31.1 Å². The van der Waals surface area contributed by atoms with Crippen LogP contribution in [0.25, 0.3) is 0 Å². The van der Waals surface area contributed by atoms with Crippen LogP contribution in [-0.4, -0.2) is 37.0 Å². The molecule has 1 aliphatic rings. The van der Waals surface area contributed by atoms with Crippen LogP contribution in [0.5, 0.6) is 0 Å². The number of amides is 1. The van der Waals surface area contributed by atoms with Crippen LogP contribution in [0.15, 0.2) is 18.2 Å². The van der Waals surface area contributed by atoms with Crippen molar-refractivity contribution in [3.05, 3.63) is 29.8 Å². The summed E-state index contributed by atoms with van der Waals surface area (Å²) >= 11 is 0. The van der Waals surface area contributed by atoms with E-state index in [9.17, 15) is 13.6 Å². The van der Waals surface area contributed by atoms with Crippen LogP contribution < -0.4 is 4.90 Å². The highest BCUT2D eigenvalue weighted by molar-refractivity contribution is 5.73. The summed E-state index contributed by atoms with van der Waals surface area (Å²) in [6, 6.07) is 3.84. The summed E-state index contributed by atoms with van der Waals surface area (Å²) in [5.74, 6) is -1.11. The van der Waals surface area contributed by atoms with Crippen LogP contribution in [0.4, 0.5) is 14.5 Å². The maximum Gasteiger partial charge on any atom is 0.219 e. The smallest absolute Gasteiger partial charge is 0.219 e. The van der Waals surface area contributed by atoms with Gasteiger partial charge in [0.15, 0.2) is 0 Å². The molecule has 1 amide bonds. The van der Waals surface area contributed by atoms with Crippen LogP contribution >= 0.6 is 0 Å². The molecule has 1 aliphatic heterocycles. The molecule has 1 aromatic carbocycles. The molecule has 17 heavy (non-hydrogen) atoms. The molecule has 0 aliphatic carbocycles. The van der Waals surface area contributed by atoms with Gasteiger partial charge in [-0.15, -0.1) is 0 Å². The highest BCUT2D eigenvalue weighted by Crippen LogP contribution is 2.24. The predicted molar refractivity (Wildman–Crippen MR) is 60.8 cm³/mol. The van der Waals surface area contributed by atoms with Gasteiger partial charge in [0.2, 0.25) is 5.91 Å². The molecule has 5 heteroatoms. The zero-order chi connectivity index (χ0) is 12.4. The molecule has 1 fully saturated rings. The number of rotatable bonds is 1. The van der Waals surface area contributed by atoms with Crippen LogP contribution in [0.3, 0.4) is 0 Å². The normalized spacial score (nSPS) is 16.2. The van der Waals surface area contributed by atoms with Gasteiger partial charge in [0.1, 0.15) is 17.3 Å². The van der Waals surface area contributed by atoms with Gasteiger partial charge in [0.25, 0.3) is 0 Å². The highest BCUT2D eigenvalue weighted by Gasteiger charge is 2.22. The number of piperazine rings is 1. The third kappa shape index (κ3) is 2.38. The number of para-hydroxylation sites is 1. The molecule has 0 aromatic heterocycles. The van der Waals surface area contributed by atoms with Crippen molar-refractivity contribution >= 4 is 11.6 Å². The Morgan fingerprint density at radius 1 is 1.12 bits per heavy atom. The summed E-state index contributed by atoms with van der Waals surface area (Å²) in [6.07, 6.45) is 0. The summed E-state index contributed by atoms with van der Waals surface area (Å²) in [5.41, 5.74) is 0.00991. The third-order valence-corrected chi connectivity index (χ3v) is 2.98. The minimum absolute atomic E-state index is 0.00124. The van der Waals surface area contributed by atoms with Gasteiger partial charge in [0.05, 0.1) is 0 Å². The molecule has 0 N–H and O–H groups in total. The monoisotopic (exact) mass is 240 g/mol. The first kappa shape index (κ1) is 11.8. The van der Waals surface area contributed by atoms with E-state index < -0.39 is 11.6 Å². The van der Waals surface area contributed by atoms with E-state index in [0.29, 0.717) is 26.2 Å². The Morgan fingerprint density at radius 3 is 2.12 bits per heavy atom. The van der Waals surface area contributed by atoms with Crippen molar-refractivity contribution in [2.24, 2.45) is 0 Å². The third-order valence-electron chi connectivity index (χ3n) is 2.98. The minimum atomic E-state index is -0.554. The van der Waals surface area contributed by atoms with Crippen molar-refractivity contribution in [3.63, 3.8) is 0 Å². The summed E-state index contributed by atoms with van der Waals surface area (Å²) in [5, 5.41) is 0. The van der Waals surface area contributed by atoms with Crippen molar-refractivity contribution in [3.8, 4) is 0 Å². The second-order valence-electron chi connectivity index (χ2n) is 4.06. The zero-order valence-electron chi connectivity index (χ0n) is 9.62. The fraction of sp³-hybridized carbons (Fsp3) is 0.417. The Labute approximate surface area is 98.6 Å². The summed E-state index contributed by atoms with van der Waals surface area (Å²) < 4.78 is 27.1. The number of hydrogen-bond acceptors (Lipinski definition) is 2. The Balaban J connectivity index is 2.13. The SMILES string of the molecule is CC(=O)N1CCN(c2c(F)cccc2F)CC1. The molecule has 1 aromatic rings. The lowest BCUT2D eigenvalue weighted by Gasteiger charge is -2.35. The number of carbonyl (C=O) groups is 1. The van der Waals surface area contributed by atoms with E-state index in [1.807, 2.05) is 0 Å². The van der Waals surface area contributed by atoms with Crippen LogP contribution in [0.2, 0.25) is 0 Å². The average Bonchev–Trinajstić information content (AvgIpc) is 2.29. The van der Waals surface area contributed by atoms with Gasteiger partial charge in [-0.05, 0) is 12.1 Å². The first-order chi connectivity index (χ1) is 8.09. The molecule has 1 heterocycles. The standard InChI is InChI=1S/C12H14F2N2O/c1-9(17)15-5-7-16(8-6-15)12-10(13)3-2-4-11(12)14/h2-4H,5-8H2,1H3. The largest absolute Gasteiger partial charge is 0.363 e. The number of halogens is 2. The zero-order valence-corrected chi connectivity index (χ0v) is 9.62. The topological polar surface area (TPSA) is 23.6 Å². The molecule has 3 nitrogen and oxygen atoms in total. The fourth-order valence-electron chi connectivity index (χ4n) is 2.04. The highest BCUT2D eigenvalue weighted by atomic mass is 19.1. The van der Waals surface area contributed by atoms with Crippen LogP contribution in [0.1, 0.15) is 6.92 Å². The van der Waals surface area contributed by atoms with E-state index in [2.05, 4.69) is 0 Å². The van der Waals surface area contributed by atoms with Crippen molar-refractivity contribution < 1.29 is 13.6 Å². The van der Waals surface area contributed by atoms with Gasteiger partial charge in [-0.25, -0.2) is 8.78 Å². The number of benzene rings is 1. The summed E-state index contributed by atoms with van der Waals surface area (Å²) in [4.78, 5) is 14.5. The van der Waals surface area contributed by atoms with E-state index in [-0.39, 0.29) is 11.6 Å². The van der Waals surface area contributed by atoms with E-state index in [4.69, 9.17) is 0 Å². The van der Waals surface area contributed by atoms with E-state index in [0.717, 1.165) is 0 Å². The first-order valence-corrected chi connectivity index (χ1v) is 5.54. The molecular formula is C12H14F2N2O. The van der Waals surface area contributed by atoms with Gasteiger partial charge in [-0.2, -0.15) is 0 Å². The lowest BCUT2D eigenvalue weighted by Crippen LogP contribution is -2.48. The van der Waals surface area contributed by atoms with Crippen molar-refractivity contribution in [1.82, 2.24) is 4.90 Å². The molecule has 0 spiro atoms. The summed E-state index contributed by atoms with van der Waals surface area (Å²) in [7, 11) is 0. The fourth-order valence-corrected chi connectivity index (χ4v) is 2.04. The van der Waals surface area contributed by atoms with Gasteiger partial charge in [0, 0.05) is 33.1 Å². The number of nitrogens with zero attached hydrogens (tertiary/aromatic N) is 2. The van der Waals surface area contributed by atoms with Crippen LogP contribution in [-0.2, 0) is 4.79 Å². The molecule has 2 rings (SSSR count). The molecular weight excluding hydrogens is 226 g/mol. The second kappa shape index (κ2) is 4.69. The Morgan fingerprint density at radius 2 is 1.65 bits per heavy atom. The van der Waals surface area contributed by atoms with Gasteiger partial charge < -0.3 is 9.80 Å². The molecule has 0 radical (unpaired) electrons. The van der Waals surface area contributed by atoms with Gasteiger partial charge in [-0.1, -0.05) is 6.07 Å². The van der Waals surface area contributed by atoms with Gasteiger partial charge in [-0.3, -0.25) is 4.79 Å². The maximum atomic E-state index is 13.5. The van der Waals surface area contributed by atoms with Gasteiger partial charge >= 0.3 is 0 Å². The van der Waals surface area contributed by atoms with E-state index in [1.165, 1.54) is 25.1 Å². The van der Waals surface area contributed by atoms with E-state index in [1.54, 1.807) is 9.80 Å². The lowest BCUT2D eigenvalue weighted by atomic mass is 10.2. The molecule has 0 unspecified atom stereocenters. The van der Waals surface area contributed by atoms with Crippen LogP contribution in [0, 0.1) is 11.6 Å². The molecule has 92 valence electrons. The number of anilines is 1. The number of hydrogen-bond donors (Lipinski definition) is 0. The second-order valence-corrected chi connectivity index (χ2v) is 4.06. The lowest BCUT2D eigenvalue weighted by molar-refractivity contribution is -0.129. The quantitative estimate of drug-likeness (QED) is 0.745. The Hall–Kier alpha value is -1.65. The van der Waals surface area contributed by atoms with E-state index >= 15 is 0 Å². The molecule has 0 atom stereocenters. The molecule has 1 saturated heterocycles.